The fraction of sp³-hybridized carbons (Fsp3) is 0.0392. The van der Waals surface area contributed by atoms with Crippen molar-refractivity contribution in [1.82, 2.24) is 24.2 Å². The molecule has 0 bridgehead atoms. The molecule has 0 aliphatic heterocycles. The minimum atomic E-state index is -4.78. The van der Waals surface area contributed by atoms with E-state index in [2.05, 4.69) is 409 Å². The third-order valence-electron chi connectivity index (χ3n) is 18.3. The fourth-order valence-electron chi connectivity index (χ4n) is 12.7. The smallest absolute Gasteiger partial charge is 1.00 e. The van der Waals surface area contributed by atoms with Crippen LogP contribution in [0.2, 0.25) is 10.3 Å². The van der Waals surface area contributed by atoms with Gasteiger partial charge in [-0.15, -0.1) is 26.3 Å². The number of carbonyl (C=O) groups is 1. The van der Waals surface area contributed by atoms with Gasteiger partial charge in [0.25, 0.3) is 6.47 Å². The SMILES string of the molecule is Cc1cc2ccc(Br)n2nc1Cl.Cc1cc2ncc(-c3cccc(OC(F)(F)F)c3)n2nc1Cl.O=CO[O-].OB(O)c1cccc(OC(F)(F)F)c1.[H-].[Na+].[Na+].[Pd].c1ccc(P(c2ccccc2)c2ccccc2)cc1.c1ccc(P(c2ccccc2)c2ccccc2)cc1.c1ccc(P(c2ccccc2)c2ccccc2)cc1.c1ccc(P(c2ccccc2)c2ccccc2)cc1. The molecule has 4 aromatic heterocycles. The molecular formula is C102H83BBrCl2F6N5Na2O7P4Pd. The first kappa shape index (κ1) is 107. The van der Waals surface area contributed by atoms with Crippen LogP contribution in [-0.4, -0.2) is 60.6 Å². The maximum atomic E-state index is 12.3. The van der Waals surface area contributed by atoms with E-state index in [1.807, 2.05) is 25.1 Å². The summed E-state index contributed by atoms with van der Waals surface area (Å²) in [5.74, 6) is -0.791. The maximum Gasteiger partial charge on any atom is 1.00 e. The van der Waals surface area contributed by atoms with Gasteiger partial charge in [-0.2, -0.15) is 10.2 Å². The Labute approximate surface area is 840 Å². The van der Waals surface area contributed by atoms with E-state index in [9.17, 15) is 26.3 Å². The molecular weight excluding hydrogens is 1960 g/mol. The fourth-order valence-corrected chi connectivity index (χ4v) is 22.6. The Morgan fingerprint density at radius 1 is 0.374 bits per heavy atom. The molecule has 4 heterocycles. The van der Waals surface area contributed by atoms with Gasteiger partial charge in [0.1, 0.15) is 16.1 Å². The summed E-state index contributed by atoms with van der Waals surface area (Å²) in [4.78, 5) is 15.4. The summed E-state index contributed by atoms with van der Waals surface area (Å²) < 4.78 is 83.7. The quantitative estimate of drug-likeness (QED) is 0.0225. The van der Waals surface area contributed by atoms with E-state index in [0.717, 1.165) is 33.4 Å². The van der Waals surface area contributed by atoms with Gasteiger partial charge >= 0.3 is 79.0 Å². The van der Waals surface area contributed by atoms with E-state index < -0.39 is 57.3 Å². The number of rotatable bonds is 17. The van der Waals surface area contributed by atoms with E-state index >= 15 is 0 Å². The van der Waals surface area contributed by atoms with Crippen LogP contribution in [-0.2, 0) is 30.1 Å². The van der Waals surface area contributed by atoms with Crippen molar-refractivity contribution in [2.45, 2.75) is 26.6 Å². The van der Waals surface area contributed by atoms with Gasteiger partial charge < -0.3 is 31.1 Å². The predicted molar refractivity (Wildman–Crippen MR) is 519 cm³/mol. The van der Waals surface area contributed by atoms with Crippen LogP contribution >= 0.6 is 70.8 Å². The van der Waals surface area contributed by atoms with Crippen molar-refractivity contribution in [3.63, 3.8) is 0 Å². The largest absolute Gasteiger partial charge is 1.00 e. The molecule has 0 saturated heterocycles. The normalized spacial score (nSPS) is 10.5. The summed E-state index contributed by atoms with van der Waals surface area (Å²) in [6.07, 6.45) is -8.00. The van der Waals surface area contributed by atoms with Gasteiger partial charge in [0, 0.05) is 26.0 Å². The summed E-state index contributed by atoms with van der Waals surface area (Å²) in [6.45, 7) is 3.55. The summed E-state index contributed by atoms with van der Waals surface area (Å²) in [5.41, 5.74) is 4.30. The molecule has 0 aliphatic carbocycles. The maximum absolute atomic E-state index is 12.3. The Morgan fingerprint density at radius 3 is 0.885 bits per heavy atom. The summed E-state index contributed by atoms with van der Waals surface area (Å²) >= 11 is 15.2. The number of ether oxygens (including phenoxy) is 2. The molecule has 0 aliphatic rings. The van der Waals surface area contributed by atoms with Crippen LogP contribution in [0.15, 0.2) is 448 Å². The Morgan fingerprint density at radius 2 is 0.626 bits per heavy atom. The van der Waals surface area contributed by atoms with Crippen molar-refractivity contribution in [2.75, 3.05) is 0 Å². The Hall–Kier alpha value is -9.57. The standard InChI is InChI=1S/4C18H15P.C14H9ClF3N3O.C8H6BrClN2.C7H6BF3O3.CH2O3.2Na.Pd.H/c4*1-4-10-16(11-5-1)19(17-12-6-2-7-13-17)18-14-8-3-9-15-18;1-8-5-12-19-7-11(21(12)20-13(8)15)9-3-2-4-10(6-9)22-14(16,17)18;1-5-4-6-2-3-7(9)12(6)11-8(5)10;9-7(10,11)14-6-3-1-2-5(4-6)8(12)13;2-1-4-3;;;;/h4*1-15H;2-7H,1H3;2-4H,1H3;1-4,12-13H;1,3H;;;;/q;;;;;;;;2*+1;;-1/p-1. The molecule has 0 radical (unpaired) electrons. The Bertz CT molecular complexity index is 5500. The molecule has 14 aromatic carbocycles. The van der Waals surface area contributed by atoms with Gasteiger partial charge in [0.15, 0.2) is 16.0 Å². The second-order valence-corrected chi connectivity index (χ2v) is 37.7. The van der Waals surface area contributed by atoms with Gasteiger partial charge in [-0.05, 0) is 190 Å². The zero-order valence-electron chi connectivity index (χ0n) is 72.0. The molecule has 12 nitrogen and oxygen atoms in total. The molecule has 29 heteroatoms. The van der Waals surface area contributed by atoms with Crippen molar-refractivity contribution < 1.29 is 142 Å². The van der Waals surface area contributed by atoms with Crippen LogP contribution in [0.1, 0.15) is 12.6 Å². The van der Waals surface area contributed by atoms with Crippen molar-refractivity contribution in [2.24, 2.45) is 0 Å². The van der Waals surface area contributed by atoms with Gasteiger partial charge in [0.2, 0.25) is 0 Å². The van der Waals surface area contributed by atoms with Gasteiger partial charge in [-0.1, -0.05) is 411 Å². The van der Waals surface area contributed by atoms with Crippen LogP contribution in [0, 0.1) is 13.8 Å². The Kier molecular flexibility index (Phi) is 45.5. The zero-order valence-corrected chi connectivity index (χ0v) is 83.2. The second kappa shape index (κ2) is 55.8. The van der Waals surface area contributed by atoms with Crippen LogP contribution < -0.4 is 143 Å². The van der Waals surface area contributed by atoms with E-state index in [1.165, 1.54) is 105 Å². The number of fused-ring (bicyclic) bond motifs is 2. The molecule has 131 heavy (non-hydrogen) atoms. The van der Waals surface area contributed by atoms with Crippen molar-refractivity contribution in [3.05, 3.63) is 469 Å². The first-order valence-corrected chi connectivity index (χ1v) is 46.5. The first-order chi connectivity index (χ1) is 62.1. The number of aryl methyl sites for hydroxylation is 2. The average molecular weight is 2040 g/mol. The molecule has 18 aromatic rings. The minimum absolute atomic E-state index is 0. The number of alkyl halides is 6. The molecule has 0 unspecified atom stereocenters. The molecule has 18 rings (SSSR count). The van der Waals surface area contributed by atoms with Crippen molar-refractivity contribution >= 4 is 165 Å². The molecule has 0 saturated carbocycles. The molecule has 0 fully saturated rings. The number of hydrogen-bond donors (Lipinski definition) is 2. The minimum Gasteiger partial charge on any atom is -1.00 e. The third-order valence-corrected chi connectivity index (χ3v) is 29.4. The number of imidazole rings is 1. The zero-order chi connectivity index (χ0) is 90.5. The summed E-state index contributed by atoms with van der Waals surface area (Å²) in [7, 11) is -3.60. The average Bonchev–Trinajstić information content (AvgIpc) is 1.67. The van der Waals surface area contributed by atoms with Gasteiger partial charge in [-0.3, -0.25) is 4.79 Å². The number of nitrogens with zero attached hydrogens (tertiary/aromatic N) is 5. The molecule has 2 N–H and O–H groups in total. The van der Waals surface area contributed by atoms with Gasteiger partial charge in [-0.25, -0.2) is 14.0 Å². The summed E-state index contributed by atoms with van der Waals surface area (Å²) in [5, 5.41) is 51.7. The third kappa shape index (κ3) is 33.8. The number of carbonyl (C=O) groups excluding carboxylic acids is 1. The molecule has 0 spiro atoms. The molecule has 0 atom stereocenters. The van der Waals surface area contributed by atoms with Crippen molar-refractivity contribution in [1.29, 1.82) is 0 Å². The summed E-state index contributed by atoms with van der Waals surface area (Å²) in [6, 6.07) is 147. The van der Waals surface area contributed by atoms with E-state index in [-0.39, 0.29) is 98.6 Å². The van der Waals surface area contributed by atoms with Gasteiger partial charge in [0.05, 0.1) is 17.4 Å². The second-order valence-electron chi connectivity index (χ2n) is 27.3. The van der Waals surface area contributed by atoms with E-state index in [0.29, 0.717) is 27.2 Å². The number of aromatic nitrogens is 5. The van der Waals surface area contributed by atoms with Crippen LogP contribution in [0.25, 0.3) is 22.4 Å². The van der Waals surface area contributed by atoms with Crippen LogP contribution in [0.4, 0.5) is 26.3 Å². The van der Waals surface area contributed by atoms with Crippen LogP contribution in [0.5, 0.6) is 11.5 Å². The molecule has 0 amide bonds. The monoisotopic (exact) mass is 2040 g/mol. The molecule has 656 valence electrons. The van der Waals surface area contributed by atoms with Crippen LogP contribution in [0.3, 0.4) is 0 Å². The Balaban J connectivity index is 0.000000209. The number of benzene rings is 14. The topological polar surface area (TPSA) is 156 Å². The van der Waals surface area contributed by atoms with E-state index in [1.54, 1.807) is 23.6 Å². The first-order valence-electron chi connectivity index (χ1n) is 39.5. The number of hydrogen-bond acceptors (Lipinski definition) is 10. The predicted octanol–water partition coefficient (Wildman–Crippen LogP) is 13.9. The van der Waals surface area contributed by atoms with Crippen molar-refractivity contribution in [3.8, 4) is 22.8 Å². The van der Waals surface area contributed by atoms with E-state index in [4.69, 9.17) is 43.3 Å². The number of halogens is 9.